The fourth-order valence-corrected chi connectivity index (χ4v) is 2.33. The van der Waals surface area contributed by atoms with Crippen LogP contribution in [0.25, 0.3) is 0 Å². The van der Waals surface area contributed by atoms with Crippen LogP contribution in [-0.2, 0) is 4.74 Å². The Kier molecular flexibility index (Phi) is 2.63. The lowest BCUT2D eigenvalue weighted by Crippen LogP contribution is -2.53. The quantitative estimate of drug-likeness (QED) is 0.607. The van der Waals surface area contributed by atoms with E-state index in [1.54, 1.807) is 0 Å². The van der Waals surface area contributed by atoms with Crippen molar-refractivity contribution in [1.82, 2.24) is 4.90 Å². The van der Waals surface area contributed by atoms with Gasteiger partial charge in [0.05, 0.1) is 13.2 Å². The van der Waals surface area contributed by atoms with Gasteiger partial charge >= 0.3 is 0 Å². The lowest BCUT2D eigenvalue weighted by atomic mass is 9.89. The van der Waals surface area contributed by atoms with Crippen molar-refractivity contribution in [2.45, 2.75) is 18.9 Å². The van der Waals surface area contributed by atoms with E-state index in [0.29, 0.717) is 18.6 Å². The van der Waals surface area contributed by atoms with Gasteiger partial charge in [-0.15, -0.1) is 0 Å². The number of morpholine rings is 1. The van der Waals surface area contributed by atoms with E-state index in [0.717, 1.165) is 19.8 Å². The van der Waals surface area contributed by atoms with E-state index in [-0.39, 0.29) is 0 Å². The fraction of sp³-hybridized carbons (Fsp3) is 1.00. The van der Waals surface area contributed by atoms with Crippen molar-refractivity contribution in [1.29, 1.82) is 0 Å². The second-order valence-electron chi connectivity index (χ2n) is 3.76. The van der Waals surface area contributed by atoms with Gasteiger partial charge in [-0.05, 0) is 25.3 Å². The number of fused-ring (bicyclic) bond motifs is 1. The molecule has 0 aromatic heterocycles. The minimum atomic E-state index is 0.324. The van der Waals surface area contributed by atoms with Gasteiger partial charge in [0.1, 0.15) is 0 Å². The summed E-state index contributed by atoms with van der Waals surface area (Å²) in [5.74, 6) is 0.457. The Morgan fingerprint density at radius 2 is 2.33 bits per heavy atom. The first kappa shape index (κ1) is 8.48. The van der Waals surface area contributed by atoms with Crippen molar-refractivity contribution in [3.05, 3.63) is 0 Å². The zero-order chi connectivity index (χ0) is 8.39. The van der Waals surface area contributed by atoms with Gasteiger partial charge in [-0.3, -0.25) is 4.90 Å². The minimum Gasteiger partial charge on any atom is -0.396 e. The highest BCUT2D eigenvalue weighted by Gasteiger charge is 2.32. The summed E-state index contributed by atoms with van der Waals surface area (Å²) in [5.41, 5.74) is 0. The third-order valence-electron chi connectivity index (χ3n) is 3.08. The first-order chi connectivity index (χ1) is 5.92. The van der Waals surface area contributed by atoms with Crippen LogP contribution in [0.4, 0.5) is 0 Å². The summed E-state index contributed by atoms with van der Waals surface area (Å²) in [4.78, 5) is 2.47. The van der Waals surface area contributed by atoms with Crippen LogP contribution in [0, 0.1) is 5.92 Å². The Morgan fingerprint density at radius 3 is 3.17 bits per heavy atom. The molecule has 3 nitrogen and oxygen atoms in total. The maximum atomic E-state index is 9.15. The van der Waals surface area contributed by atoms with Crippen LogP contribution in [0.2, 0.25) is 0 Å². The van der Waals surface area contributed by atoms with E-state index in [1.807, 2.05) is 0 Å². The van der Waals surface area contributed by atoms with Gasteiger partial charge in [-0.1, -0.05) is 0 Å². The molecule has 0 saturated carbocycles. The third kappa shape index (κ3) is 1.49. The topological polar surface area (TPSA) is 32.7 Å². The van der Waals surface area contributed by atoms with Crippen LogP contribution in [0.1, 0.15) is 12.8 Å². The zero-order valence-corrected chi connectivity index (χ0v) is 7.41. The number of rotatable bonds is 1. The number of hydrogen-bond acceptors (Lipinski definition) is 3. The molecule has 0 aliphatic carbocycles. The predicted molar refractivity (Wildman–Crippen MR) is 46.0 cm³/mol. The molecule has 0 unspecified atom stereocenters. The average molecular weight is 171 g/mol. The molecule has 2 rings (SSSR count). The smallest absolute Gasteiger partial charge is 0.0626 e. The number of aliphatic hydroxyl groups excluding tert-OH is 1. The van der Waals surface area contributed by atoms with E-state index < -0.39 is 0 Å². The van der Waals surface area contributed by atoms with Gasteiger partial charge in [0.25, 0.3) is 0 Å². The Balaban J connectivity index is 1.99. The SMILES string of the molecule is OC[C@@H]1CCCN2CCOC[C@H]12. The molecule has 2 saturated heterocycles. The largest absolute Gasteiger partial charge is 0.396 e. The van der Waals surface area contributed by atoms with E-state index in [1.165, 1.54) is 19.4 Å². The monoisotopic (exact) mass is 171 g/mol. The second kappa shape index (κ2) is 3.73. The fourth-order valence-electron chi connectivity index (χ4n) is 2.33. The molecule has 2 aliphatic heterocycles. The van der Waals surface area contributed by atoms with Gasteiger partial charge < -0.3 is 9.84 Å². The summed E-state index contributed by atoms with van der Waals surface area (Å²) in [6, 6.07) is 0.498. The second-order valence-corrected chi connectivity index (χ2v) is 3.76. The maximum absolute atomic E-state index is 9.15. The summed E-state index contributed by atoms with van der Waals surface area (Å²) in [6.07, 6.45) is 2.41. The number of ether oxygens (including phenoxy) is 1. The van der Waals surface area contributed by atoms with Crippen molar-refractivity contribution in [3.8, 4) is 0 Å². The summed E-state index contributed by atoms with van der Waals surface area (Å²) in [5, 5.41) is 9.15. The number of hydrogen-bond donors (Lipinski definition) is 1. The van der Waals surface area contributed by atoms with Crippen LogP contribution in [0.5, 0.6) is 0 Å². The number of nitrogens with zero attached hydrogens (tertiary/aromatic N) is 1. The zero-order valence-electron chi connectivity index (χ0n) is 7.41. The molecule has 0 radical (unpaired) electrons. The molecule has 12 heavy (non-hydrogen) atoms. The highest BCUT2D eigenvalue weighted by molar-refractivity contribution is 4.85. The predicted octanol–water partition coefficient (Wildman–Crippen LogP) is 0.0895. The van der Waals surface area contributed by atoms with E-state index in [9.17, 15) is 0 Å². The molecule has 2 heterocycles. The summed E-state index contributed by atoms with van der Waals surface area (Å²) < 4.78 is 5.42. The molecule has 0 bridgehead atoms. The minimum absolute atomic E-state index is 0.324. The Hall–Kier alpha value is -0.120. The van der Waals surface area contributed by atoms with Gasteiger partial charge in [-0.25, -0.2) is 0 Å². The maximum Gasteiger partial charge on any atom is 0.0626 e. The molecule has 2 fully saturated rings. The van der Waals surface area contributed by atoms with Crippen molar-refractivity contribution in [2.24, 2.45) is 5.92 Å². The molecular formula is C9H17NO2. The van der Waals surface area contributed by atoms with Gasteiger partial charge in [0.15, 0.2) is 0 Å². The third-order valence-corrected chi connectivity index (χ3v) is 3.08. The van der Waals surface area contributed by atoms with Crippen molar-refractivity contribution in [2.75, 3.05) is 32.9 Å². The van der Waals surface area contributed by atoms with Crippen molar-refractivity contribution in [3.63, 3.8) is 0 Å². The summed E-state index contributed by atoms with van der Waals surface area (Å²) in [7, 11) is 0. The van der Waals surface area contributed by atoms with Crippen molar-refractivity contribution >= 4 is 0 Å². The average Bonchev–Trinajstić information content (AvgIpc) is 2.17. The molecule has 2 atom stereocenters. The summed E-state index contributed by atoms with van der Waals surface area (Å²) in [6.45, 7) is 4.27. The van der Waals surface area contributed by atoms with E-state index >= 15 is 0 Å². The molecule has 3 heteroatoms. The molecule has 0 aromatic carbocycles. The standard InChI is InChI=1S/C9H17NO2/c11-6-8-2-1-3-10-4-5-12-7-9(8)10/h8-9,11H,1-7H2/t8-,9+/m0/s1. The Labute approximate surface area is 73.3 Å². The summed E-state index contributed by atoms with van der Waals surface area (Å²) >= 11 is 0. The van der Waals surface area contributed by atoms with E-state index in [2.05, 4.69) is 4.90 Å². The molecular weight excluding hydrogens is 154 g/mol. The van der Waals surface area contributed by atoms with Gasteiger partial charge in [0, 0.05) is 19.2 Å². The van der Waals surface area contributed by atoms with Crippen LogP contribution in [0.15, 0.2) is 0 Å². The molecule has 1 N–H and O–H groups in total. The highest BCUT2D eigenvalue weighted by Crippen LogP contribution is 2.25. The van der Waals surface area contributed by atoms with Crippen LogP contribution < -0.4 is 0 Å². The lowest BCUT2D eigenvalue weighted by Gasteiger charge is -2.43. The van der Waals surface area contributed by atoms with Crippen LogP contribution in [0.3, 0.4) is 0 Å². The Morgan fingerprint density at radius 1 is 1.42 bits per heavy atom. The molecule has 2 aliphatic rings. The highest BCUT2D eigenvalue weighted by atomic mass is 16.5. The number of piperidine rings is 1. The molecule has 0 spiro atoms. The normalized spacial score (nSPS) is 37.8. The number of aliphatic hydroxyl groups is 1. The lowest BCUT2D eigenvalue weighted by molar-refractivity contribution is -0.0584. The van der Waals surface area contributed by atoms with E-state index in [4.69, 9.17) is 9.84 Å². The van der Waals surface area contributed by atoms with Gasteiger partial charge in [-0.2, -0.15) is 0 Å². The first-order valence-corrected chi connectivity index (χ1v) is 4.84. The Bertz CT molecular complexity index is 143. The van der Waals surface area contributed by atoms with Crippen LogP contribution in [-0.4, -0.2) is 49.0 Å². The van der Waals surface area contributed by atoms with Gasteiger partial charge in [0.2, 0.25) is 0 Å². The van der Waals surface area contributed by atoms with Crippen LogP contribution >= 0.6 is 0 Å². The molecule has 70 valence electrons. The van der Waals surface area contributed by atoms with Crippen molar-refractivity contribution < 1.29 is 9.84 Å². The molecule has 0 aromatic rings. The first-order valence-electron chi connectivity index (χ1n) is 4.84. The molecule has 0 amide bonds.